The summed E-state index contributed by atoms with van der Waals surface area (Å²) in [5, 5.41) is 9.78. The Bertz CT molecular complexity index is 772. The van der Waals surface area contributed by atoms with Crippen molar-refractivity contribution in [1.82, 2.24) is 4.90 Å². The van der Waals surface area contributed by atoms with Crippen LogP contribution >= 0.6 is 0 Å². The molecule has 0 unspecified atom stereocenters. The number of hydrogen-bond donors (Lipinski definition) is 1. The maximum Gasteiger partial charge on any atom is 0.342 e. The minimum Gasteiger partial charge on any atom is -0.507 e. The van der Waals surface area contributed by atoms with E-state index in [0.717, 1.165) is 11.1 Å². The van der Waals surface area contributed by atoms with E-state index < -0.39 is 12.6 Å². The molecule has 0 spiro atoms. The Morgan fingerprint density at radius 1 is 1.16 bits per heavy atom. The molecule has 25 heavy (non-hydrogen) atoms. The maximum absolute atomic E-state index is 12.2. The van der Waals surface area contributed by atoms with E-state index in [9.17, 15) is 14.7 Å². The first-order chi connectivity index (χ1) is 11.9. The van der Waals surface area contributed by atoms with Crippen molar-refractivity contribution >= 4 is 11.9 Å². The number of benzene rings is 2. The lowest BCUT2D eigenvalue weighted by Gasteiger charge is -2.18. The van der Waals surface area contributed by atoms with Crippen molar-refractivity contribution in [3.8, 4) is 11.5 Å². The number of likely N-dealkylation sites (N-methyl/N-ethyl adjacent to an activating group) is 1. The molecule has 0 radical (unpaired) electrons. The van der Waals surface area contributed by atoms with Gasteiger partial charge >= 0.3 is 5.97 Å². The Labute approximate surface area is 146 Å². The second-order valence-electron chi connectivity index (χ2n) is 5.66. The van der Waals surface area contributed by atoms with Crippen molar-refractivity contribution in [1.29, 1.82) is 0 Å². The van der Waals surface area contributed by atoms with Gasteiger partial charge in [-0.1, -0.05) is 24.3 Å². The van der Waals surface area contributed by atoms with Gasteiger partial charge in [0.25, 0.3) is 5.91 Å². The molecule has 0 aliphatic heterocycles. The Balaban J connectivity index is 1.94. The predicted molar refractivity (Wildman–Crippen MR) is 92.6 cm³/mol. The third kappa shape index (κ3) is 4.73. The van der Waals surface area contributed by atoms with Crippen LogP contribution in [0, 0.1) is 6.92 Å². The summed E-state index contributed by atoms with van der Waals surface area (Å²) in [6.45, 7) is 1.72. The number of aryl methyl sites for hydroxylation is 1. The summed E-state index contributed by atoms with van der Waals surface area (Å²) in [6, 6.07) is 12.0. The van der Waals surface area contributed by atoms with Gasteiger partial charge in [-0.25, -0.2) is 4.79 Å². The van der Waals surface area contributed by atoms with Crippen LogP contribution in [0.15, 0.2) is 42.5 Å². The third-order valence-corrected chi connectivity index (χ3v) is 3.73. The second-order valence-corrected chi connectivity index (χ2v) is 5.66. The van der Waals surface area contributed by atoms with Crippen LogP contribution < -0.4 is 4.74 Å². The number of methoxy groups -OCH3 is 1. The average molecular weight is 343 g/mol. The van der Waals surface area contributed by atoms with Gasteiger partial charge in [0.1, 0.15) is 17.1 Å². The van der Waals surface area contributed by atoms with Crippen LogP contribution in [0.1, 0.15) is 21.5 Å². The van der Waals surface area contributed by atoms with Crippen molar-refractivity contribution in [2.75, 3.05) is 20.8 Å². The standard InChI is InChI=1S/C19H21NO5/c1-13-8-9-15(16(21)10-13)19(23)25-12-18(22)20(2)11-14-6-4-5-7-17(14)24-3/h4-10,21H,11-12H2,1-3H3. The molecule has 0 saturated heterocycles. The predicted octanol–water partition coefficient (Wildman–Crippen LogP) is 2.52. The molecule has 132 valence electrons. The normalized spacial score (nSPS) is 10.2. The molecule has 0 heterocycles. The summed E-state index contributed by atoms with van der Waals surface area (Å²) in [5.41, 5.74) is 1.70. The van der Waals surface area contributed by atoms with E-state index in [2.05, 4.69) is 0 Å². The van der Waals surface area contributed by atoms with Gasteiger partial charge < -0.3 is 19.5 Å². The van der Waals surface area contributed by atoms with Gasteiger partial charge in [-0.15, -0.1) is 0 Å². The zero-order chi connectivity index (χ0) is 18.4. The van der Waals surface area contributed by atoms with Crippen LogP contribution in [-0.4, -0.2) is 42.6 Å². The van der Waals surface area contributed by atoms with Crippen molar-refractivity contribution in [2.24, 2.45) is 0 Å². The van der Waals surface area contributed by atoms with Crippen LogP contribution in [0.3, 0.4) is 0 Å². The van der Waals surface area contributed by atoms with Crippen molar-refractivity contribution in [3.05, 3.63) is 59.2 Å². The average Bonchev–Trinajstić information content (AvgIpc) is 2.59. The molecule has 0 aliphatic rings. The third-order valence-electron chi connectivity index (χ3n) is 3.73. The van der Waals surface area contributed by atoms with Gasteiger partial charge in [0.15, 0.2) is 6.61 Å². The summed E-state index contributed by atoms with van der Waals surface area (Å²) in [7, 11) is 3.18. The van der Waals surface area contributed by atoms with Gasteiger partial charge in [-0.2, -0.15) is 0 Å². The number of esters is 1. The van der Waals surface area contributed by atoms with Gasteiger partial charge in [0.2, 0.25) is 0 Å². The van der Waals surface area contributed by atoms with Gasteiger partial charge in [0.05, 0.1) is 7.11 Å². The number of ether oxygens (including phenoxy) is 2. The van der Waals surface area contributed by atoms with Crippen LogP contribution in [0.5, 0.6) is 11.5 Å². The summed E-state index contributed by atoms with van der Waals surface area (Å²) < 4.78 is 10.3. The zero-order valence-electron chi connectivity index (χ0n) is 14.5. The first kappa shape index (κ1) is 18.3. The molecule has 2 aromatic carbocycles. The Hall–Kier alpha value is -3.02. The smallest absolute Gasteiger partial charge is 0.342 e. The number of aromatic hydroxyl groups is 1. The topological polar surface area (TPSA) is 76.1 Å². The molecule has 2 rings (SSSR count). The lowest BCUT2D eigenvalue weighted by Crippen LogP contribution is -2.31. The Morgan fingerprint density at radius 3 is 2.56 bits per heavy atom. The molecule has 0 fully saturated rings. The van der Waals surface area contributed by atoms with Gasteiger partial charge in [0, 0.05) is 19.2 Å². The summed E-state index contributed by atoms with van der Waals surface area (Å²) in [4.78, 5) is 25.6. The highest BCUT2D eigenvalue weighted by atomic mass is 16.5. The molecule has 0 aliphatic carbocycles. The second kappa shape index (κ2) is 8.19. The molecule has 0 bridgehead atoms. The van der Waals surface area contributed by atoms with Gasteiger partial charge in [-0.3, -0.25) is 4.79 Å². The van der Waals surface area contributed by atoms with Crippen molar-refractivity contribution < 1.29 is 24.2 Å². The lowest BCUT2D eigenvalue weighted by atomic mass is 10.1. The van der Waals surface area contributed by atoms with E-state index in [1.807, 2.05) is 24.3 Å². The highest BCUT2D eigenvalue weighted by Gasteiger charge is 2.17. The van der Waals surface area contributed by atoms with E-state index in [-0.39, 0.29) is 17.2 Å². The Morgan fingerprint density at radius 2 is 1.88 bits per heavy atom. The number of carbonyl (C=O) groups excluding carboxylic acids is 2. The summed E-state index contributed by atoms with van der Waals surface area (Å²) in [6.07, 6.45) is 0. The minimum absolute atomic E-state index is 0.0331. The number of phenols is 1. The number of phenolic OH excluding ortho intramolecular Hbond substituents is 1. The van der Waals surface area contributed by atoms with E-state index in [1.165, 1.54) is 17.0 Å². The number of carbonyl (C=O) groups is 2. The quantitative estimate of drug-likeness (QED) is 0.816. The van der Waals surface area contributed by atoms with Crippen molar-refractivity contribution in [2.45, 2.75) is 13.5 Å². The van der Waals surface area contributed by atoms with Crippen LogP contribution in [-0.2, 0) is 16.1 Å². The highest BCUT2D eigenvalue weighted by molar-refractivity contribution is 5.93. The highest BCUT2D eigenvalue weighted by Crippen LogP contribution is 2.20. The molecular weight excluding hydrogens is 322 g/mol. The van der Waals surface area contributed by atoms with Crippen molar-refractivity contribution in [3.63, 3.8) is 0 Å². The van der Waals surface area contributed by atoms with E-state index in [0.29, 0.717) is 12.3 Å². The molecule has 0 saturated carbocycles. The van der Waals surface area contributed by atoms with E-state index in [4.69, 9.17) is 9.47 Å². The monoisotopic (exact) mass is 343 g/mol. The first-order valence-electron chi connectivity index (χ1n) is 7.75. The largest absolute Gasteiger partial charge is 0.507 e. The summed E-state index contributed by atoms with van der Waals surface area (Å²) >= 11 is 0. The number of nitrogens with zero attached hydrogens (tertiary/aromatic N) is 1. The summed E-state index contributed by atoms with van der Waals surface area (Å²) in [5.74, 6) is -0.578. The minimum atomic E-state index is -0.739. The molecule has 0 aromatic heterocycles. The fourth-order valence-corrected chi connectivity index (χ4v) is 2.31. The molecule has 1 amide bonds. The number of para-hydroxylation sites is 1. The van der Waals surface area contributed by atoms with Crippen LogP contribution in [0.25, 0.3) is 0 Å². The van der Waals surface area contributed by atoms with Gasteiger partial charge in [-0.05, 0) is 30.7 Å². The Kier molecular flexibility index (Phi) is 6.00. The number of rotatable bonds is 6. The fraction of sp³-hybridized carbons (Fsp3) is 0.263. The first-order valence-corrected chi connectivity index (χ1v) is 7.75. The molecule has 6 heteroatoms. The number of hydrogen-bond acceptors (Lipinski definition) is 5. The molecule has 0 atom stereocenters. The van der Waals surface area contributed by atoms with E-state index in [1.54, 1.807) is 27.1 Å². The molecular formula is C19H21NO5. The zero-order valence-corrected chi connectivity index (χ0v) is 14.5. The molecule has 1 N–H and O–H groups in total. The maximum atomic E-state index is 12.2. The van der Waals surface area contributed by atoms with E-state index >= 15 is 0 Å². The number of amides is 1. The molecule has 2 aromatic rings. The SMILES string of the molecule is COc1ccccc1CN(C)C(=O)COC(=O)c1ccc(C)cc1O. The van der Waals surface area contributed by atoms with Crippen LogP contribution in [0.2, 0.25) is 0 Å². The molecule has 6 nitrogen and oxygen atoms in total. The lowest BCUT2D eigenvalue weighted by molar-refractivity contribution is -0.133. The van der Waals surface area contributed by atoms with Crippen LogP contribution in [0.4, 0.5) is 0 Å². The fourth-order valence-electron chi connectivity index (χ4n) is 2.31.